The summed E-state index contributed by atoms with van der Waals surface area (Å²) in [6.45, 7) is 2.04. The lowest BCUT2D eigenvalue weighted by Gasteiger charge is -2.28. The number of aryl methyl sites for hydroxylation is 1. The maximum Gasteiger partial charge on any atom is 0.218 e. The van der Waals surface area contributed by atoms with Crippen LogP contribution >= 0.6 is 0 Å². The van der Waals surface area contributed by atoms with Crippen LogP contribution in [0.15, 0.2) is 24.3 Å². The molecule has 1 aromatic rings. The number of ether oxygens (including phenoxy) is 2. The summed E-state index contributed by atoms with van der Waals surface area (Å²) in [6.07, 6.45) is 2.10. The Labute approximate surface area is 131 Å². The fourth-order valence-electron chi connectivity index (χ4n) is 3.12. The van der Waals surface area contributed by atoms with Gasteiger partial charge in [-0.05, 0) is 31.7 Å². The normalized spacial score (nSPS) is 22.1. The molecule has 1 fully saturated rings. The van der Waals surface area contributed by atoms with Gasteiger partial charge in [0.1, 0.15) is 5.78 Å². The van der Waals surface area contributed by atoms with Crippen molar-refractivity contribution in [3.63, 3.8) is 0 Å². The number of hydrogen-bond acceptors (Lipinski definition) is 4. The molecule has 0 N–H and O–H groups in total. The van der Waals surface area contributed by atoms with Gasteiger partial charge in [0.2, 0.25) is 6.29 Å². The molecule has 1 saturated carbocycles. The molecule has 2 rings (SSSR count). The molecule has 22 heavy (non-hydrogen) atoms. The molecule has 1 aliphatic rings. The second-order valence-electron chi connectivity index (χ2n) is 5.98. The molecule has 2 unspecified atom stereocenters. The van der Waals surface area contributed by atoms with E-state index in [0.29, 0.717) is 12.8 Å². The quantitative estimate of drug-likeness (QED) is 0.599. The van der Waals surface area contributed by atoms with E-state index in [9.17, 15) is 9.59 Å². The molecule has 0 aliphatic heterocycles. The van der Waals surface area contributed by atoms with E-state index in [1.165, 1.54) is 19.8 Å². The number of methoxy groups -OCH3 is 2. The Bertz CT molecular complexity index is 516. The van der Waals surface area contributed by atoms with Gasteiger partial charge in [0, 0.05) is 20.1 Å². The molecule has 0 heterocycles. The zero-order valence-electron chi connectivity index (χ0n) is 13.5. The van der Waals surface area contributed by atoms with E-state index in [-0.39, 0.29) is 17.5 Å². The van der Waals surface area contributed by atoms with Gasteiger partial charge < -0.3 is 9.47 Å². The van der Waals surface area contributed by atoms with Gasteiger partial charge in [0.05, 0.1) is 5.92 Å². The van der Waals surface area contributed by atoms with Crippen LogP contribution in [0.3, 0.4) is 0 Å². The molecular weight excluding hydrogens is 280 g/mol. The SMILES string of the molecule is COC(OC)C(=O)C1CCCC(Cc2ccc(C)cc2)C1=O. The van der Waals surface area contributed by atoms with Gasteiger partial charge in [0.15, 0.2) is 5.78 Å². The van der Waals surface area contributed by atoms with E-state index in [0.717, 1.165) is 18.4 Å². The molecule has 1 aromatic carbocycles. The van der Waals surface area contributed by atoms with Gasteiger partial charge in [0.25, 0.3) is 0 Å². The van der Waals surface area contributed by atoms with Gasteiger partial charge >= 0.3 is 0 Å². The first kappa shape index (κ1) is 16.8. The minimum absolute atomic E-state index is 0.0379. The average Bonchev–Trinajstić information content (AvgIpc) is 2.52. The smallest absolute Gasteiger partial charge is 0.218 e. The zero-order valence-corrected chi connectivity index (χ0v) is 13.5. The Morgan fingerprint density at radius 3 is 2.41 bits per heavy atom. The lowest BCUT2D eigenvalue weighted by atomic mass is 9.75. The van der Waals surface area contributed by atoms with Crippen LogP contribution in [0.2, 0.25) is 0 Å². The van der Waals surface area contributed by atoms with E-state index >= 15 is 0 Å². The van der Waals surface area contributed by atoms with Crippen LogP contribution in [0.5, 0.6) is 0 Å². The molecule has 0 bridgehead atoms. The summed E-state index contributed by atoms with van der Waals surface area (Å²) >= 11 is 0. The van der Waals surface area contributed by atoms with E-state index in [1.807, 2.05) is 6.92 Å². The average molecular weight is 304 g/mol. The van der Waals surface area contributed by atoms with Crippen LogP contribution < -0.4 is 0 Å². The predicted octanol–water partition coefficient (Wildman–Crippen LogP) is 2.71. The third-order valence-electron chi connectivity index (χ3n) is 4.40. The molecular formula is C18H24O4. The van der Waals surface area contributed by atoms with Crippen molar-refractivity contribution in [2.24, 2.45) is 11.8 Å². The fourth-order valence-corrected chi connectivity index (χ4v) is 3.12. The number of Topliss-reactive ketones (excluding diaryl/α,β-unsaturated/α-hetero) is 2. The largest absolute Gasteiger partial charge is 0.349 e. The number of ketones is 2. The van der Waals surface area contributed by atoms with Crippen LogP contribution in [0.4, 0.5) is 0 Å². The Balaban J connectivity index is 2.06. The minimum atomic E-state index is -0.938. The minimum Gasteiger partial charge on any atom is -0.349 e. The maximum absolute atomic E-state index is 12.6. The van der Waals surface area contributed by atoms with Gasteiger partial charge in [-0.3, -0.25) is 9.59 Å². The molecule has 120 valence electrons. The second-order valence-corrected chi connectivity index (χ2v) is 5.98. The van der Waals surface area contributed by atoms with E-state index < -0.39 is 12.2 Å². The van der Waals surface area contributed by atoms with E-state index in [4.69, 9.17) is 9.47 Å². The number of hydrogen-bond donors (Lipinski definition) is 0. The Morgan fingerprint density at radius 1 is 1.18 bits per heavy atom. The zero-order chi connectivity index (χ0) is 16.1. The molecule has 0 aromatic heterocycles. The number of rotatable bonds is 6. The lowest BCUT2D eigenvalue weighted by Crippen LogP contribution is -2.41. The number of carbonyl (C=O) groups excluding carboxylic acids is 2. The van der Waals surface area contributed by atoms with Crippen molar-refractivity contribution < 1.29 is 19.1 Å². The van der Waals surface area contributed by atoms with E-state index in [1.54, 1.807) is 0 Å². The van der Waals surface area contributed by atoms with Crippen LogP contribution in [-0.2, 0) is 25.5 Å². The fraction of sp³-hybridized carbons (Fsp3) is 0.556. The second kappa shape index (κ2) is 7.65. The lowest BCUT2D eigenvalue weighted by molar-refractivity contribution is -0.164. The number of carbonyl (C=O) groups is 2. The Hall–Kier alpha value is -1.52. The van der Waals surface area contributed by atoms with Crippen LogP contribution in [0.1, 0.15) is 30.4 Å². The topological polar surface area (TPSA) is 52.6 Å². The van der Waals surface area contributed by atoms with Crippen molar-refractivity contribution in [1.82, 2.24) is 0 Å². The first-order chi connectivity index (χ1) is 10.6. The van der Waals surface area contributed by atoms with Crippen molar-refractivity contribution in [3.05, 3.63) is 35.4 Å². The van der Waals surface area contributed by atoms with Crippen molar-refractivity contribution in [2.75, 3.05) is 14.2 Å². The first-order valence-corrected chi connectivity index (χ1v) is 7.75. The highest BCUT2D eigenvalue weighted by Gasteiger charge is 2.38. The Morgan fingerprint density at radius 2 is 1.82 bits per heavy atom. The predicted molar refractivity (Wildman–Crippen MR) is 83.5 cm³/mol. The molecule has 0 amide bonds. The molecule has 0 saturated heterocycles. The summed E-state index contributed by atoms with van der Waals surface area (Å²) in [5.74, 6) is -0.881. The summed E-state index contributed by atoms with van der Waals surface area (Å²) in [6, 6.07) is 8.22. The monoisotopic (exact) mass is 304 g/mol. The van der Waals surface area contributed by atoms with Gasteiger partial charge in [-0.25, -0.2) is 0 Å². The standard InChI is InChI=1S/C18H24O4/c1-12-7-9-13(10-8-12)11-14-5-4-6-15(16(14)19)17(20)18(21-2)22-3/h7-10,14-15,18H,4-6,11H2,1-3H3. The van der Waals surface area contributed by atoms with Gasteiger partial charge in [-0.1, -0.05) is 36.2 Å². The summed E-state index contributed by atoms with van der Waals surface area (Å²) in [7, 11) is 2.84. The Kier molecular flexibility index (Phi) is 5.86. The molecule has 0 spiro atoms. The maximum atomic E-state index is 12.6. The van der Waals surface area contributed by atoms with Crippen LogP contribution in [0.25, 0.3) is 0 Å². The summed E-state index contributed by atoms with van der Waals surface area (Å²) < 4.78 is 10.0. The third-order valence-corrected chi connectivity index (χ3v) is 4.40. The van der Waals surface area contributed by atoms with Crippen molar-refractivity contribution in [2.45, 2.75) is 38.9 Å². The molecule has 4 heteroatoms. The van der Waals surface area contributed by atoms with Crippen molar-refractivity contribution in [3.8, 4) is 0 Å². The molecule has 1 aliphatic carbocycles. The van der Waals surface area contributed by atoms with E-state index in [2.05, 4.69) is 24.3 Å². The highest BCUT2D eigenvalue weighted by molar-refractivity contribution is 6.05. The van der Waals surface area contributed by atoms with Crippen molar-refractivity contribution in [1.29, 1.82) is 0 Å². The van der Waals surface area contributed by atoms with Crippen LogP contribution in [-0.4, -0.2) is 32.1 Å². The van der Waals surface area contributed by atoms with Gasteiger partial charge in [-0.15, -0.1) is 0 Å². The summed E-state index contributed by atoms with van der Waals surface area (Å²) in [5, 5.41) is 0. The van der Waals surface area contributed by atoms with Crippen LogP contribution in [0, 0.1) is 18.8 Å². The summed E-state index contributed by atoms with van der Waals surface area (Å²) in [4.78, 5) is 25.0. The number of benzene rings is 1. The highest BCUT2D eigenvalue weighted by atomic mass is 16.7. The highest BCUT2D eigenvalue weighted by Crippen LogP contribution is 2.30. The van der Waals surface area contributed by atoms with Crippen molar-refractivity contribution >= 4 is 11.6 Å². The van der Waals surface area contributed by atoms with Gasteiger partial charge in [-0.2, -0.15) is 0 Å². The molecule has 0 radical (unpaired) electrons. The first-order valence-electron chi connectivity index (χ1n) is 7.75. The third kappa shape index (κ3) is 3.81. The molecule has 2 atom stereocenters. The summed E-state index contributed by atoms with van der Waals surface area (Å²) in [5.41, 5.74) is 2.35. The molecule has 4 nitrogen and oxygen atoms in total.